The molecular formula is C13H16O3. The lowest BCUT2D eigenvalue weighted by atomic mass is 9.94. The normalized spacial score (nSPS) is 15.2. The molecule has 3 nitrogen and oxygen atoms in total. The van der Waals surface area contributed by atoms with E-state index in [9.17, 15) is 9.90 Å². The summed E-state index contributed by atoms with van der Waals surface area (Å²) in [5, 5.41) is 18.6. The minimum atomic E-state index is -0.882. The zero-order valence-corrected chi connectivity index (χ0v) is 9.20. The number of aryl methyl sites for hydroxylation is 1. The first kappa shape index (κ1) is 11.0. The van der Waals surface area contributed by atoms with E-state index in [0.29, 0.717) is 5.56 Å². The van der Waals surface area contributed by atoms with E-state index >= 15 is 0 Å². The molecule has 0 spiro atoms. The summed E-state index contributed by atoms with van der Waals surface area (Å²) in [6.45, 7) is 0. The first-order valence-electron chi connectivity index (χ1n) is 5.73. The molecule has 0 fully saturated rings. The van der Waals surface area contributed by atoms with Gasteiger partial charge < -0.3 is 10.2 Å². The number of hydrogen-bond donors (Lipinski definition) is 2. The van der Waals surface area contributed by atoms with Gasteiger partial charge in [-0.3, -0.25) is 4.79 Å². The fraction of sp³-hybridized carbons (Fsp3) is 0.462. The van der Waals surface area contributed by atoms with Crippen LogP contribution in [0.4, 0.5) is 0 Å². The molecule has 0 saturated carbocycles. The largest absolute Gasteiger partial charge is 0.508 e. The number of phenols is 1. The third-order valence-corrected chi connectivity index (χ3v) is 3.20. The van der Waals surface area contributed by atoms with Crippen molar-refractivity contribution in [2.24, 2.45) is 0 Å². The van der Waals surface area contributed by atoms with Crippen molar-refractivity contribution in [3.05, 3.63) is 28.8 Å². The maximum Gasteiger partial charge on any atom is 0.307 e. The summed E-state index contributed by atoms with van der Waals surface area (Å²) in [5.41, 5.74) is 2.90. The van der Waals surface area contributed by atoms with Crippen molar-refractivity contribution in [1.82, 2.24) is 0 Å². The van der Waals surface area contributed by atoms with E-state index in [0.717, 1.165) is 31.2 Å². The van der Waals surface area contributed by atoms with Crippen LogP contribution in [0.5, 0.6) is 5.75 Å². The van der Waals surface area contributed by atoms with E-state index in [2.05, 4.69) is 0 Å². The number of carboxylic acid groups (broad SMARTS) is 1. The molecule has 16 heavy (non-hydrogen) atoms. The van der Waals surface area contributed by atoms with Gasteiger partial charge in [-0.15, -0.1) is 0 Å². The molecule has 0 bridgehead atoms. The van der Waals surface area contributed by atoms with Crippen LogP contribution in [0.3, 0.4) is 0 Å². The van der Waals surface area contributed by atoms with Gasteiger partial charge in [-0.25, -0.2) is 0 Å². The molecule has 2 rings (SSSR count). The lowest BCUT2D eigenvalue weighted by Crippen LogP contribution is -2.06. The molecule has 0 saturated heterocycles. The predicted molar refractivity (Wildman–Crippen MR) is 60.7 cm³/mol. The smallest absolute Gasteiger partial charge is 0.307 e. The number of aliphatic carboxylic acids is 1. The number of rotatable bonds is 2. The molecule has 0 aliphatic heterocycles. The maximum atomic E-state index is 10.8. The van der Waals surface area contributed by atoms with Crippen molar-refractivity contribution in [2.75, 3.05) is 0 Å². The Morgan fingerprint density at radius 2 is 1.94 bits per heavy atom. The predicted octanol–water partition coefficient (Wildman–Crippen LogP) is 2.29. The van der Waals surface area contributed by atoms with E-state index in [4.69, 9.17) is 5.11 Å². The lowest BCUT2D eigenvalue weighted by Gasteiger charge is -2.12. The highest BCUT2D eigenvalue weighted by molar-refractivity contribution is 5.72. The highest BCUT2D eigenvalue weighted by Crippen LogP contribution is 2.30. The summed E-state index contributed by atoms with van der Waals surface area (Å²) in [6.07, 6.45) is 5.25. The fourth-order valence-electron chi connectivity index (χ4n) is 2.42. The van der Waals surface area contributed by atoms with E-state index < -0.39 is 5.97 Å². The Balaban J connectivity index is 2.44. The lowest BCUT2D eigenvalue weighted by molar-refractivity contribution is -0.136. The second-order valence-corrected chi connectivity index (χ2v) is 4.33. The molecule has 0 atom stereocenters. The molecule has 0 aromatic heterocycles. The van der Waals surface area contributed by atoms with Gasteiger partial charge in [-0.1, -0.05) is 12.5 Å². The van der Waals surface area contributed by atoms with Crippen molar-refractivity contribution >= 4 is 5.97 Å². The SMILES string of the molecule is O=C(O)Cc1c(O)ccc2c1CCCCC2. The molecular weight excluding hydrogens is 204 g/mol. The number of phenolic OH excluding ortho intramolecular Hbond substituents is 1. The maximum absolute atomic E-state index is 10.8. The number of carbonyl (C=O) groups is 1. The van der Waals surface area contributed by atoms with Gasteiger partial charge in [0.2, 0.25) is 0 Å². The second kappa shape index (κ2) is 4.56. The Bertz CT molecular complexity index is 410. The molecule has 1 aromatic rings. The molecule has 86 valence electrons. The molecule has 1 aromatic carbocycles. The van der Waals surface area contributed by atoms with Gasteiger partial charge >= 0.3 is 5.97 Å². The van der Waals surface area contributed by atoms with Crippen molar-refractivity contribution in [3.63, 3.8) is 0 Å². The second-order valence-electron chi connectivity index (χ2n) is 4.33. The van der Waals surface area contributed by atoms with Gasteiger partial charge in [0.05, 0.1) is 6.42 Å². The van der Waals surface area contributed by atoms with Crippen LogP contribution < -0.4 is 0 Å². The Hall–Kier alpha value is -1.51. The van der Waals surface area contributed by atoms with Crippen LogP contribution in [0, 0.1) is 0 Å². The van der Waals surface area contributed by atoms with Crippen molar-refractivity contribution in [2.45, 2.75) is 38.5 Å². The summed E-state index contributed by atoms with van der Waals surface area (Å²) in [4.78, 5) is 10.8. The van der Waals surface area contributed by atoms with Gasteiger partial charge in [0.15, 0.2) is 0 Å². The summed E-state index contributed by atoms with van der Waals surface area (Å²) >= 11 is 0. The van der Waals surface area contributed by atoms with Gasteiger partial charge in [-0.05, 0) is 42.9 Å². The number of hydrogen-bond acceptors (Lipinski definition) is 2. The number of carboxylic acids is 1. The van der Waals surface area contributed by atoms with Crippen LogP contribution in [0.2, 0.25) is 0 Å². The molecule has 2 N–H and O–H groups in total. The fourth-order valence-corrected chi connectivity index (χ4v) is 2.42. The van der Waals surface area contributed by atoms with Gasteiger partial charge in [0, 0.05) is 5.56 Å². The monoisotopic (exact) mass is 220 g/mol. The van der Waals surface area contributed by atoms with Crippen LogP contribution in [0.1, 0.15) is 36.0 Å². The van der Waals surface area contributed by atoms with Gasteiger partial charge in [0.25, 0.3) is 0 Å². The first-order chi connectivity index (χ1) is 7.68. The van der Waals surface area contributed by atoms with Crippen LogP contribution >= 0.6 is 0 Å². The minimum absolute atomic E-state index is 0.0744. The standard InChI is InChI=1S/C13H16O3/c14-12-7-6-9-4-2-1-3-5-10(9)11(12)8-13(15)16/h6-7,14H,1-5,8H2,(H,15,16). The van der Waals surface area contributed by atoms with Gasteiger partial charge in [0.1, 0.15) is 5.75 Å². The average molecular weight is 220 g/mol. The third kappa shape index (κ3) is 2.18. The van der Waals surface area contributed by atoms with Crippen LogP contribution in [-0.2, 0) is 24.1 Å². The summed E-state index contributed by atoms with van der Waals surface area (Å²) in [5.74, 6) is -0.754. The van der Waals surface area contributed by atoms with Crippen LogP contribution in [0.15, 0.2) is 12.1 Å². The van der Waals surface area contributed by atoms with E-state index in [1.165, 1.54) is 12.0 Å². The highest BCUT2D eigenvalue weighted by Gasteiger charge is 2.17. The number of aromatic hydroxyl groups is 1. The van der Waals surface area contributed by atoms with Gasteiger partial charge in [-0.2, -0.15) is 0 Å². The zero-order valence-electron chi connectivity index (χ0n) is 9.20. The Kier molecular flexibility index (Phi) is 3.13. The molecule has 0 unspecified atom stereocenters. The third-order valence-electron chi connectivity index (χ3n) is 3.20. The molecule has 1 aliphatic carbocycles. The van der Waals surface area contributed by atoms with Crippen LogP contribution in [-0.4, -0.2) is 16.2 Å². The average Bonchev–Trinajstić information content (AvgIpc) is 2.47. The summed E-state index contributed by atoms with van der Waals surface area (Å²) in [6, 6.07) is 3.56. The molecule has 3 heteroatoms. The Morgan fingerprint density at radius 1 is 1.19 bits per heavy atom. The zero-order chi connectivity index (χ0) is 11.5. The molecule has 0 heterocycles. The van der Waals surface area contributed by atoms with E-state index in [-0.39, 0.29) is 12.2 Å². The van der Waals surface area contributed by atoms with Crippen LogP contribution in [0.25, 0.3) is 0 Å². The highest BCUT2D eigenvalue weighted by atomic mass is 16.4. The van der Waals surface area contributed by atoms with E-state index in [1.54, 1.807) is 6.07 Å². The summed E-state index contributed by atoms with van der Waals surface area (Å²) < 4.78 is 0. The molecule has 0 radical (unpaired) electrons. The summed E-state index contributed by atoms with van der Waals surface area (Å²) in [7, 11) is 0. The quantitative estimate of drug-likeness (QED) is 0.752. The number of fused-ring (bicyclic) bond motifs is 1. The number of benzene rings is 1. The molecule has 1 aliphatic rings. The van der Waals surface area contributed by atoms with E-state index in [1.807, 2.05) is 6.07 Å². The van der Waals surface area contributed by atoms with Crippen molar-refractivity contribution in [3.8, 4) is 5.75 Å². The molecule has 0 amide bonds. The Labute approximate surface area is 94.7 Å². The minimum Gasteiger partial charge on any atom is -0.508 e. The van der Waals surface area contributed by atoms with Crippen molar-refractivity contribution < 1.29 is 15.0 Å². The first-order valence-corrected chi connectivity index (χ1v) is 5.73. The Morgan fingerprint density at radius 3 is 2.69 bits per heavy atom. The topological polar surface area (TPSA) is 57.5 Å². The van der Waals surface area contributed by atoms with Crippen molar-refractivity contribution in [1.29, 1.82) is 0 Å².